The molecular weight excluding hydrogens is 304 g/mol. The van der Waals surface area contributed by atoms with Gasteiger partial charge in [0.05, 0.1) is 18.3 Å². The number of rotatable bonds is 0. The van der Waals surface area contributed by atoms with Crippen molar-refractivity contribution in [1.29, 1.82) is 0 Å². The number of aliphatic hydroxyl groups excluding tert-OH is 3. The first-order chi connectivity index (χ1) is 11.1. The summed E-state index contributed by atoms with van der Waals surface area (Å²) in [6.07, 6.45) is 1.08. The van der Waals surface area contributed by atoms with Gasteiger partial charge in [0.2, 0.25) is 0 Å². The zero-order chi connectivity index (χ0) is 17.7. The largest absolute Gasteiger partial charge is 0.392 e. The van der Waals surface area contributed by atoms with Gasteiger partial charge in [0, 0.05) is 22.7 Å². The highest BCUT2D eigenvalue weighted by molar-refractivity contribution is 5.34. The monoisotopic (exact) mass is 334 g/mol. The Morgan fingerprint density at radius 2 is 1.67 bits per heavy atom. The van der Waals surface area contributed by atoms with Gasteiger partial charge in [0.25, 0.3) is 0 Å². The predicted molar refractivity (Wildman–Crippen MR) is 91.0 cm³/mol. The maximum atomic E-state index is 11.6. The van der Waals surface area contributed by atoms with Crippen molar-refractivity contribution in [2.24, 2.45) is 28.6 Å². The summed E-state index contributed by atoms with van der Waals surface area (Å²) in [5, 5.41) is 44.2. The smallest absolute Gasteiger partial charge is 0.105 e. The molecule has 0 aromatic carbocycles. The van der Waals surface area contributed by atoms with Gasteiger partial charge in [0.1, 0.15) is 5.60 Å². The molecule has 0 radical (unpaired) electrons. The molecule has 1 spiro atoms. The van der Waals surface area contributed by atoms with Gasteiger partial charge in [-0.05, 0) is 38.0 Å². The second-order valence-corrected chi connectivity index (χ2v) is 9.40. The molecular formula is C20H30O4. The van der Waals surface area contributed by atoms with Gasteiger partial charge in [0.15, 0.2) is 0 Å². The topological polar surface area (TPSA) is 80.9 Å². The quantitative estimate of drug-likeness (QED) is 0.509. The molecule has 8 atom stereocenters. The summed E-state index contributed by atoms with van der Waals surface area (Å²) in [6, 6.07) is 0. The van der Waals surface area contributed by atoms with E-state index < -0.39 is 34.7 Å². The SMILES string of the molecule is C=C1C[C@@]23C[C@@H](O)[C@@]4(O)[C@@H](C[C@H](O)C4(C)C)C(=C)[C@@H]2CC[C@@H]1[C@@H]3O. The fraction of sp³-hybridized carbons (Fsp3) is 0.800. The summed E-state index contributed by atoms with van der Waals surface area (Å²) in [4.78, 5) is 0. The number of aliphatic hydroxyl groups is 4. The maximum absolute atomic E-state index is 11.6. The number of fused-ring (bicyclic) bond motifs is 2. The van der Waals surface area contributed by atoms with Crippen molar-refractivity contribution in [1.82, 2.24) is 0 Å². The van der Waals surface area contributed by atoms with Crippen LogP contribution in [0.15, 0.2) is 24.3 Å². The van der Waals surface area contributed by atoms with Gasteiger partial charge in [-0.1, -0.05) is 38.2 Å². The molecule has 0 aromatic heterocycles. The van der Waals surface area contributed by atoms with Crippen molar-refractivity contribution in [2.45, 2.75) is 69.9 Å². The van der Waals surface area contributed by atoms with Gasteiger partial charge < -0.3 is 20.4 Å². The van der Waals surface area contributed by atoms with Crippen LogP contribution < -0.4 is 0 Å². The Labute approximate surface area is 143 Å². The lowest BCUT2D eigenvalue weighted by Crippen LogP contribution is -2.57. The van der Waals surface area contributed by atoms with Gasteiger partial charge in [-0.3, -0.25) is 0 Å². The van der Waals surface area contributed by atoms with E-state index in [4.69, 9.17) is 0 Å². The van der Waals surface area contributed by atoms with E-state index in [1.54, 1.807) is 0 Å². The third-order valence-electron chi connectivity index (χ3n) is 8.34. The second kappa shape index (κ2) is 4.73. The van der Waals surface area contributed by atoms with Crippen molar-refractivity contribution in [3.05, 3.63) is 24.3 Å². The van der Waals surface area contributed by atoms with Crippen molar-refractivity contribution in [2.75, 3.05) is 0 Å². The Hall–Kier alpha value is -0.680. The van der Waals surface area contributed by atoms with Crippen LogP contribution in [0.2, 0.25) is 0 Å². The highest BCUT2D eigenvalue weighted by Gasteiger charge is 2.70. The Morgan fingerprint density at radius 3 is 2.33 bits per heavy atom. The van der Waals surface area contributed by atoms with Gasteiger partial charge in [-0.2, -0.15) is 0 Å². The third-order valence-corrected chi connectivity index (χ3v) is 8.34. The van der Waals surface area contributed by atoms with E-state index in [0.29, 0.717) is 19.3 Å². The number of hydrogen-bond donors (Lipinski definition) is 4. The summed E-state index contributed by atoms with van der Waals surface area (Å²) in [5.74, 6) is -0.162. The lowest BCUT2D eigenvalue weighted by Gasteiger charge is -2.46. The van der Waals surface area contributed by atoms with Crippen LogP contribution in [0.3, 0.4) is 0 Å². The molecule has 0 saturated heterocycles. The van der Waals surface area contributed by atoms with E-state index in [0.717, 1.165) is 24.0 Å². The summed E-state index contributed by atoms with van der Waals surface area (Å²) in [7, 11) is 0. The molecule has 4 N–H and O–H groups in total. The first-order valence-electron chi connectivity index (χ1n) is 9.20. The summed E-state index contributed by atoms with van der Waals surface area (Å²) in [6.45, 7) is 12.2. The molecule has 0 amide bonds. The molecule has 4 aliphatic carbocycles. The fourth-order valence-corrected chi connectivity index (χ4v) is 6.76. The molecule has 0 aliphatic heterocycles. The molecule has 4 saturated carbocycles. The normalized spacial score (nSPS) is 55.9. The molecule has 24 heavy (non-hydrogen) atoms. The van der Waals surface area contributed by atoms with Crippen LogP contribution >= 0.6 is 0 Å². The molecule has 0 unspecified atom stereocenters. The molecule has 4 rings (SSSR count). The van der Waals surface area contributed by atoms with E-state index in [1.165, 1.54) is 0 Å². The Bertz CT molecular complexity index is 611. The van der Waals surface area contributed by atoms with E-state index in [-0.39, 0.29) is 17.8 Å². The first-order valence-corrected chi connectivity index (χ1v) is 9.20. The molecule has 4 aliphatic rings. The molecule has 0 heterocycles. The van der Waals surface area contributed by atoms with E-state index in [9.17, 15) is 20.4 Å². The standard InChI is InChI=1S/C20H30O4/c1-10-8-19-9-16(22)20(24)14(7-15(21)18(20,3)4)11(2)13(19)6-5-12(10)17(19)23/h12-17,21-24H,1-2,5-9H2,3-4H3/t12-,13-,14-,15-,16+,17-,19+,20-/m0/s1. The fourth-order valence-electron chi connectivity index (χ4n) is 6.76. The molecule has 4 fully saturated rings. The Morgan fingerprint density at radius 1 is 1.00 bits per heavy atom. The maximum Gasteiger partial charge on any atom is 0.105 e. The Balaban J connectivity index is 1.85. The molecule has 4 nitrogen and oxygen atoms in total. The third kappa shape index (κ3) is 1.64. The molecule has 4 heteroatoms. The minimum atomic E-state index is -1.41. The second-order valence-electron chi connectivity index (χ2n) is 9.40. The van der Waals surface area contributed by atoms with Crippen molar-refractivity contribution < 1.29 is 20.4 Å². The molecule has 134 valence electrons. The first kappa shape index (κ1) is 16.8. The highest BCUT2D eigenvalue weighted by atomic mass is 16.4. The Kier molecular flexibility index (Phi) is 3.30. The highest BCUT2D eigenvalue weighted by Crippen LogP contribution is 2.67. The zero-order valence-electron chi connectivity index (χ0n) is 14.7. The van der Waals surface area contributed by atoms with Crippen LogP contribution in [0.4, 0.5) is 0 Å². The van der Waals surface area contributed by atoms with Gasteiger partial charge in [-0.15, -0.1) is 0 Å². The van der Waals surface area contributed by atoms with E-state index >= 15 is 0 Å². The summed E-state index contributed by atoms with van der Waals surface area (Å²) >= 11 is 0. The van der Waals surface area contributed by atoms with Crippen LogP contribution in [0.25, 0.3) is 0 Å². The number of hydrogen-bond acceptors (Lipinski definition) is 4. The van der Waals surface area contributed by atoms with Crippen LogP contribution in [-0.4, -0.2) is 44.3 Å². The van der Waals surface area contributed by atoms with E-state index in [1.807, 2.05) is 13.8 Å². The van der Waals surface area contributed by atoms with Crippen molar-refractivity contribution in [3.8, 4) is 0 Å². The lowest BCUT2D eigenvalue weighted by atomic mass is 9.61. The van der Waals surface area contributed by atoms with Crippen molar-refractivity contribution in [3.63, 3.8) is 0 Å². The van der Waals surface area contributed by atoms with Gasteiger partial charge >= 0.3 is 0 Å². The molecule has 2 bridgehead atoms. The summed E-state index contributed by atoms with van der Waals surface area (Å²) in [5.41, 5.74) is -0.703. The van der Waals surface area contributed by atoms with Crippen LogP contribution in [0.1, 0.15) is 46.0 Å². The van der Waals surface area contributed by atoms with Crippen LogP contribution in [0, 0.1) is 28.6 Å². The van der Waals surface area contributed by atoms with Gasteiger partial charge in [-0.25, -0.2) is 0 Å². The van der Waals surface area contributed by atoms with Crippen molar-refractivity contribution >= 4 is 0 Å². The lowest BCUT2D eigenvalue weighted by molar-refractivity contribution is -0.174. The molecule has 0 aromatic rings. The predicted octanol–water partition coefficient (Wildman–Crippen LogP) is 1.78. The zero-order valence-corrected chi connectivity index (χ0v) is 14.7. The van der Waals surface area contributed by atoms with Crippen LogP contribution in [0.5, 0.6) is 0 Å². The minimum absolute atomic E-state index is 0.0674. The summed E-state index contributed by atoms with van der Waals surface area (Å²) < 4.78 is 0. The average Bonchev–Trinajstić information content (AvgIpc) is 2.73. The minimum Gasteiger partial charge on any atom is -0.392 e. The average molecular weight is 334 g/mol. The van der Waals surface area contributed by atoms with E-state index in [2.05, 4.69) is 13.2 Å². The van der Waals surface area contributed by atoms with Crippen LogP contribution in [-0.2, 0) is 0 Å².